The van der Waals surface area contributed by atoms with Gasteiger partial charge in [-0.1, -0.05) is 6.07 Å². The fourth-order valence-corrected chi connectivity index (χ4v) is 6.37. The fraction of sp³-hybridized carbons (Fsp3) is 0.429. The highest BCUT2D eigenvalue weighted by Gasteiger charge is 2.29. The lowest BCUT2D eigenvalue weighted by Gasteiger charge is -2.33. The number of rotatable bonds is 6. The lowest BCUT2D eigenvalue weighted by Crippen LogP contribution is -2.46. The summed E-state index contributed by atoms with van der Waals surface area (Å²) < 4.78 is 13.8. The van der Waals surface area contributed by atoms with Crippen molar-refractivity contribution in [3.8, 4) is 28.5 Å². The van der Waals surface area contributed by atoms with Crippen LogP contribution in [0.2, 0.25) is 0 Å². The molecular formula is C28H31IN7O3P. The Labute approximate surface area is 247 Å². The number of likely N-dealkylation sites (tertiary alicyclic amines) is 1. The molecule has 1 saturated carbocycles. The van der Waals surface area contributed by atoms with Crippen LogP contribution >= 0.6 is 28.4 Å². The maximum absolute atomic E-state index is 12.6. The third kappa shape index (κ3) is 6.05. The second-order valence-electron chi connectivity index (χ2n) is 11.2. The van der Waals surface area contributed by atoms with Gasteiger partial charge < -0.3 is 14.4 Å². The highest BCUT2D eigenvalue weighted by atomic mass is 127. The molecule has 4 aromatic rings. The average molecular weight is 671 g/mol. The number of hydrogen-bond acceptors (Lipinski definition) is 8. The topological polar surface area (TPSA) is 108 Å². The number of benzene rings is 1. The summed E-state index contributed by atoms with van der Waals surface area (Å²) >= 11 is 2.33. The Morgan fingerprint density at radius 3 is 2.62 bits per heavy atom. The number of fused-ring (bicyclic) bond motifs is 1. The number of carbonyl (C=O) groups is 1. The van der Waals surface area contributed by atoms with Gasteiger partial charge in [-0.25, -0.2) is 19.2 Å². The zero-order valence-electron chi connectivity index (χ0n) is 22.7. The van der Waals surface area contributed by atoms with Crippen LogP contribution in [0.3, 0.4) is 0 Å². The predicted octanol–water partition coefficient (Wildman–Crippen LogP) is 6.40. The average Bonchev–Trinajstić information content (AvgIpc) is 3.73. The van der Waals surface area contributed by atoms with Crippen molar-refractivity contribution in [3.63, 3.8) is 0 Å². The Balaban J connectivity index is 1.26. The van der Waals surface area contributed by atoms with Crippen molar-refractivity contribution in [2.75, 3.05) is 13.1 Å². The molecule has 1 aliphatic carbocycles. The molecule has 0 bridgehead atoms. The number of carbonyl (C=O) groups excluding carboxylic acids is 1. The summed E-state index contributed by atoms with van der Waals surface area (Å²) in [6.07, 6.45) is 10.9. The van der Waals surface area contributed by atoms with Gasteiger partial charge in [-0.05, 0) is 80.6 Å². The number of piperidine rings is 1. The van der Waals surface area contributed by atoms with Gasteiger partial charge in [0.05, 0.1) is 48.4 Å². The number of aromatic nitrogens is 6. The molecule has 2 fully saturated rings. The van der Waals surface area contributed by atoms with Gasteiger partial charge in [-0.3, -0.25) is 9.97 Å². The minimum atomic E-state index is -0.540. The molecule has 2 atom stereocenters. The first-order valence-corrected chi connectivity index (χ1v) is 17.5. The van der Waals surface area contributed by atoms with Crippen molar-refractivity contribution in [1.29, 1.82) is 0 Å². The van der Waals surface area contributed by atoms with E-state index >= 15 is 0 Å². The van der Waals surface area contributed by atoms with Gasteiger partial charge in [0.25, 0.3) is 0 Å². The Morgan fingerprint density at radius 2 is 1.85 bits per heavy atom. The quantitative estimate of drug-likeness (QED) is 0.171. The first-order chi connectivity index (χ1) is 19.3. The Bertz CT molecular complexity index is 1550. The third-order valence-corrected chi connectivity index (χ3v) is 8.75. The molecule has 4 heterocycles. The SMILES string of the molecule is CC(C)(C)OC(=O)N1CCCC(Oc2cncc(-c3nn(PI)c4ccc(-c5cncc(C6CC6)n5)cc34)n2)C1. The summed E-state index contributed by atoms with van der Waals surface area (Å²) in [5.74, 6) is 0.945. The highest BCUT2D eigenvalue weighted by Crippen LogP contribution is 2.40. The van der Waals surface area contributed by atoms with E-state index in [0.717, 1.165) is 46.4 Å². The van der Waals surface area contributed by atoms with Crippen LogP contribution in [0, 0.1) is 0 Å². The van der Waals surface area contributed by atoms with Crippen LogP contribution in [0.4, 0.5) is 4.79 Å². The van der Waals surface area contributed by atoms with Crippen molar-refractivity contribution < 1.29 is 14.3 Å². The first kappa shape index (κ1) is 27.3. The van der Waals surface area contributed by atoms with Crippen LogP contribution in [-0.4, -0.2) is 65.3 Å². The fourth-order valence-electron chi connectivity index (χ4n) is 4.84. The summed E-state index contributed by atoms with van der Waals surface area (Å²) in [6.45, 7) is 6.70. The van der Waals surface area contributed by atoms with E-state index in [9.17, 15) is 4.79 Å². The second kappa shape index (κ2) is 11.2. The summed E-state index contributed by atoms with van der Waals surface area (Å²) in [6, 6.07) is 6.27. The van der Waals surface area contributed by atoms with Gasteiger partial charge in [-0.2, -0.15) is 5.10 Å². The van der Waals surface area contributed by atoms with Gasteiger partial charge >= 0.3 is 6.09 Å². The van der Waals surface area contributed by atoms with Crippen molar-refractivity contribution in [3.05, 3.63) is 48.7 Å². The number of amides is 1. The Hall–Kier alpha value is -2.92. The minimum absolute atomic E-state index is 0.195. The molecule has 1 aromatic carbocycles. The van der Waals surface area contributed by atoms with Crippen LogP contribution in [0.15, 0.2) is 43.0 Å². The molecule has 6 rings (SSSR count). The molecule has 1 saturated heterocycles. The summed E-state index contributed by atoms with van der Waals surface area (Å²) in [4.78, 5) is 32.8. The number of hydrogen-bond donors (Lipinski definition) is 0. The van der Waals surface area contributed by atoms with Crippen molar-refractivity contribution >= 4 is 45.4 Å². The van der Waals surface area contributed by atoms with E-state index in [1.165, 1.54) is 12.8 Å². The number of ether oxygens (including phenoxy) is 2. The van der Waals surface area contributed by atoms with E-state index in [1.54, 1.807) is 17.3 Å². The molecule has 2 aliphatic rings. The summed E-state index contributed by atoms with van der Waals surface area (Å²) in [5.41, 5.74) is 4.76. The molecule has 0 N–H and O–H groups in total. The Morgan fingerprint density at radius 1 is 1.05 bits per heavy atom. The van der Waals surface area contributed by atoms with Crippen LogP contribution in [-0.2, 0) is 4.74 Å². The zero-order valence-corrected chi connectivity index (χ0v) is 25.8. The largest absolute Gasteiger partial charge is 0.471 e. The van der Waals surface area contributed by atoms with Gasteiger partial charge in [-0.15, -0.1) is 0 Å². The lowest BCUT2D eigenvalue weighted by molar-refractivity contribution is 0.00719. The van der Waals surface area contributed by atoms with E-state index in [0.29, 0.717) is 37.0 Å². The minimum Gasteiger partial charge on any atom is -0.471 e. The molecule has 1 amide bonds. The molecule has 12 heteroatoms. The molecule has 0 radical (unpaired) electrons. The van der Waals surface area contributed by atoms with Gasteiger partial charge in [0.1, 0.15) is 23.1 Å². The monoisotopic (exact) mass is 671 g/mol. The smallest absolute Gasteiger partial charge is 0.410 e. The van der Waals surface area contributed by atoms with E-state index in [2.05, 4.69) is 50.2 Å². The molecule has 1 aliphatic heterocycles. The van der Waals surface area contributed by atoms with E-state index in [-0.39, 0.29) is 12.2 Å². The maximum atomic E-state index is 12.6. The van der Waals surface area contributed by atoms with Gasteiger partial charge in [0.15, 0.2) is 0 Å². The van der Waals surface area contributed by atoms with Crippen LogP contribution < -0.4 is 4.74 Å². The second-order valence-corrected chi connectivity index (χ2v) is 13.3. The lowest BCUT2D eigenvalue weighted by atomic mass is 10.1. The molecule has 2 unspecified atom stereocenters. The van der Waals surface area contributed by atoms with Crippen LogP contribution in [0.25, 0.3) is 33.5 Å². The van der Waals surface area contributed by atoms with Crippen molar-refractivity contribution in [2.45, 2.75) is 64.1 Å². The normalized spacial score (nSPS) is 18.0. The van der Waals surface area contributed by atoms with E-state index in [1.807, 2.05) is 37.6 Å². The summed E-state index contributed by atoms with van der Waals surface area (Å²) in [5, 5.41) is 5.86. The van der Waals surface area contributed by atoms with Crippen LogP contribution in [0.1, 0.15) is 58.1 Å². The van der Waals surface area contributed by atoms with Crippen molar-refractivity contribution in [2.24, 2.45) is 0 Å². The zero-order chi connectivity index (χ0) is 27.9. The van der Waals surface area contributed by atoms with Gasteiger partial charge in [0, 0.05) is 29.6 Å². The third-order valence-electron chi connectivity index (χ3n) is 6.88. The highest BCUT2D eigenvalue weighted by molar-refractivity contribution is 14.2. The molecule has 3 aromatic heterocycles. The van der Waals surface area contributed by atoms with E-state index in [4.69, 9.17) is 24.5 Å². The van der Waals surface area contributed by atoms with E-state index < -0.39 is 5.60 Å². The standard InChI is InChI=1S/C28H31IN7O3P/c1-28(2,3)39-27(37)35-10-4-5-19(16-35)38-25-15-31-14-23(33-25)26-20-11-18(8-9-24(20)36(34-26)40-29)22-13-30-12-21(32-22)17-6-7-17/h8-9,11-15,17,19,40H,4-7,10,16H2,1-3H3. The number of nitrogens with zero attached hydrogens (tertiary/aromatic N) is 7. The summed E-state index contributed by atoms with van der Waals surface area (Å²) in [7, 11) is 0. The Kier molecular flexibility index (Phi) is 7.60. The number of halogens is 1. The molecular weight excluding hydrogens is 640 g/mol. The first-order valence-electron chi connectivity index (χ1n) is 13.5. The van der Waals surface area contributed by atoms with Gasteiger partial charge in [0.2, 0.25) is 5.88 Å². The predicted molar refractivity (Wildman–Crippen MR) is 163 cm³/mol. The van der Waals surface area contributed by atoms with Crippen molar-refractivity contribution in [1.82, 2.24) is 34.4 Å². The maximum Gasteiger partial charge on any atom is 0.410 e. The molecule has 208 valence electrons. The molecule has 0 spiro atoms. The molecule has 10 nitrogen and oxygen atoms in total. The van der Waals surface area contributed by atoms with Crippen LogP contribution in [0.5, 0.6) is 5.88 Å². The molecule has 40 heavy (non-hydrogen) atoms.